The van der Waals surface area contributed by atoms with Crippen molar-refractivity contribution in [3.63, 3.8) is 0 Å². The fraction of sp³-hybridized carbons (Fsp3) is 0.286. The van der Waals surface area contributed by atoms with Crippen molar-refractivity contribution in [3.05, 3.63) is 54.1 Å². The molecule has 0 heterocycles. The summed E-state index contributed by atoms with van der Waals surface area (Å²) in [5.74, 6) is -0.0674. The first-order chi connectivity index (χ1) is 14.4. The molecule has 0 aliphatic carbocycles. The van der Waals surface area contributed by atoms with Gasteiger partial charge in [0.1, 0.15) is 6.04 Å². The number of rotatable bonds is 9. The molecule has 0 aliphatic rings. The molecule has 0 bridgehead atoms. The minimum absolute atomic E-state index is 0.226. The monoisotopic (exact) mass is 415 g/mol. The number of hydrogen-bond acceptors (Lipinski definition) is 6. The molecule has 2 aromatic carbocycles. The number of carbonyl (C=O) groups excluding carboxylic acids is 3. The van der Waals surface area contributed by atoms with E-state index in [1.165, 1.54) is 21.1 Å². The number of methoxy groups -OCH3 is 2. The maximum absolute atomic E-state index is 12.0. The maximum Gasteiger partial charge on any atom is 0.328 e. The van der Waals surface area contributed by atoms with Crippen LogP contribution in [0.15, 0.2) is 48.5 Å². The van der Waals surface area contributed by atoms with Crippen LogP contribution in [0.1, 0.15) is 12.5 Å². The zero-order valence-electron chi connectivity index (χ0n) is 17.1. The highest BCUT2D eigenvalue weighted by molar-refractivity contribution is 5.92. The Morgan fingerprint density at radius 2 is 1.67 bits per heavy atom. The second-order valence-electron chi connectivity index (χ2n) is 6.26. The third-order valence-electron chi connectivity index (χ3n) is 4.02. The number of urea groups is 1. The lowest BCUT2D eigenvalue weighted by atomic mass is 10.2. The minimum Gasteiger partial charge on any atom is -0.493 e. The second-order valence-corrected chi connectivity index (χ2v) is 6.26. The van der Waals surface area contributed by atoms with Gasteiger partial charge in [0.25, 0.3) is 5.91 Å². The maximum atomic E-state index is 12.0. The van der Waals surface area contributed by atoms with Gasteiger partial charge in [-0.3, -0.25) is 4.79 Å². The Bertz CT molecular complexity index is 872. The summed E-state index contributed by atoms with van der Waals surface area (Å²) in [6.45, 7) is 1.23. The van der Waals surface area contributed by atoms with Gasteiger partial charge in [0.2, 0.25) is 0 Å². The van der Waals surface area contributed by atoms with E-state index in [1.807, 2.05) is 6.07 Å². The highest BCUT2D eigenvalue weighted by Crippen LogP contribution is 2.27. The highest BCUT2D eigenvalue weighted by Gasteiger charge is 2.18. The van der Waals surface area contributed by atoms with Crippen LogP contribution >= 0.6 is 0 Å². The van der Waals surface area contributed by atoms with Crippen LogP contribution in [0.4, 0.5) is 10.5 Å². The Kier molecular flexibility index (Phi) is 8.49. The van der Waals surface area contributed by atoms with Crippen LogP contribution in [0.25, 0.3) is 0 Å². The third-order valence-corrected chi connectivity index (χ3v) is 4.02. The first kappa shape index (κ1) is 22.5. The first-order valence-corrected chi connectivity index (χ1v) is 9.19. The Balaban J connectivity index is 1.73. The van der Waals surface area contributed by atoms with Crippen molar-refractivity contribution in [3.8, 4) is 11.5 Å². The predicted molar refractivity (Wildman–Crippen MR) is 110 cm³/mol. The summed E-state index contributed by atoms with van der Waals surface area (Å²) in [5.41, 5.74) is 1.38. The lowest BCUT2D eigenvalue weighted by molar-refractivity contribution is -0.150. The standard InChI is InChI=1S/C21H25N3O6/c1-14(23-21(27)24-16-7-5-4-6-8-16)20(26)30-13-19(25)22-12-15-9-10-17(28-2)18(11-15)29-3/h4-11,14H,12-13H2,1-3H3,(H,22,25)(H2,23,24,27)/t14-/m0/s1. The van der Waals surface area contributed by atoms with Crippen molar-refractivity contribution in [2.75, 3.05) is 26.1 Å². The number of ether oxygens (including phenoxy) is 3. The first-order valence-electron chi connectivity index (χ1n) is 9.19. The lowest BCUT2D eigenvalue weighted by Crippen LogP contribution is -2.42. The summed E-state index contributed by atoms with van der Waals surface area (Å²) in [6.07, 6.45) is 0. The van der Waals surface area contributed by atoms with Gasteiger partial charge in [0.05, 0.1) is 14.2 Å². The fourth-order valence-electron chi connectivity index (χ4n) is 2.45. The smallest absolute Gasteiger partial charge is 0.328 e. The van der Waals surface area contributed by atoms with E-state index < -0.39 is 30.6 Å². The van der Waals surface area contributed by atoms with Crippen molar-refractivity contribution in [1.82, 2.24) is 10.6 Å². The van der Waals surface area contributed by atoms with Gasteiger partial charge in [-0.05, 0) is 36.8 Å². The summed E-state index contributed by atoms with van der Waals surface area (Å²) in [6, 6.07) is 12.6. The van der Waals surface area contributed by atoms with Crippen molar-refractivity contribution in [2.24, 2.45) is 0 Å². The molecule has 9 heteroatoms. The third kappa shape index (κ3) is 7.01. The molecule has 160 valence electrons. The molecule has 0 fully saturated rings. The molecular formula is C21H25N3O6. The number of carbonyl (C=O) groups is 3. The number of nitrogens with one attached hydrogen (secondary N) is 3. The van der Waals surface area contributed by atoms with Crippen LogP contribution < -0.4 is 25.4 Å². The largest absolute Gasteiger partial charge is 0.493 e. The number of amides is 3. The molecule has 0 saturated heterocycles. The van der Waals surface area contributed by atoms with Gasteiger partial charge in [-0.1, -0.05) is 24.3 Å². The van der Waals surface area contributed by atoms with Crippen LogP contribution in [0.3, 0.4) is 0 Å². The van der Waals surface area contributed by atoms with E-state index in [1.54, 1.807) is 42.5 Å². The molecule has 1 atom stereocenters. The number of benzene rings is 2. The summed E-state index contributed by atoms with van der Waals surface area (Å²) in [4.78, 5) is 35.8. The molecule has 30 heavy (non-hydrogen) atoms. The minimum atomic E-state index is -0.924. The number of anilines is 1. The van der Waals surface area contributed by atoms with Crippen LogP contribution in [0.5, 0.6) is 11.5 Å². The molecule has 9 nitrogen and oxygen atoms in total. The number of esters is 1. The normalized spacial score (nSPS) is 11.0. The second kappa shape index (κ2) is 11.3. The Morgan fingerprint density at radius 1 is 0.967 bits per heavy atom. The van der Waals surface area contributed by atoms with Crippen LogP contribution in [0, 0.1) is 0 Å². The SMILES string of the molecule is COc1ccc(CNC(=O)COC(=O)[C@H](C)NC(=O)Nc2ccccc2)cc1OC. The molecule has 0 spiro atoms. The van der Waals surface area contributed by atoms with Gasteiger partial charge in [0.15, 0.2) is 18.1 Å². The molecule has 0 saturated carbocycles. The van der Waals surface area contributed by atoms with E-state index in [0.717, 1.165) is 5.56 Å². The average Bonchev–Trinajstić information content (AvgIpc) is 2.76. The van der Waals surface area contributed by atoms with Crippen molar-refractivity contribution in [2.45, 2.75) is 19.5 Å². The molecule has 3 N–H and O–H groups in total. The van der Waals surface area contributed by atoms with Crippen LogP contribution in [-0.4, -0.2) is 44.8 Å². The summed E-state index contributed by atoms with van der Waals surface area (Å²) in [5, 5.41) is 7.69. The van der Waals surface area contributed by atoms with Crippen molar-refractivity contribution in [1.29, 1.82) is 0 Å². The molecule has 0 radical (unpaired) electrons. The van der Waals surface area contributed by atoms with Crippen LogP contribution in [-0.2, 0) is 20.9 Å². The van der Waals surface area contributed by atoms with Gasteiger partial charge in [0, 0.05) is 12.2 Å². The molecule has 0 unspecified atom stereocenters. The van der Waals surface area contributed by atoms with Gasteiger partial charge in [-0.25, -0.2) is 9.59 Å². The molecule has 3 amide bonds. The lowest BCUT2D eigenvalue weighted by Gasteiger charge is -2.14. The van der Waals surface area contributed by atoms with E-state index in [9.17, 15) is 14.4 Å². The zero-order valence-corrected chi connectivity index (χ0v) is 17.1. The van der Waals surface area contributed by atoms with Gasteiger partial charge >= 0.3 is 12.0 Å². The van der Waals surface area contributed by atoms with Crippen molar-refractivity contribution < 1.29 is 28.6 Å². The van der Waals surface area contributed by atoms with Crippen LogP contribution in [0.2, 0.25) is 0 Å². The quantitative estimate of drug-likeness (QED) is 0.540. The van der Waals surface area contributed by atoms with Gasteiger partial charge in [-0.15, -0.1) is 0 Å². The van der Waals surface area contributed by atoms with Gasteiger partial charge in [-0.2, -0.15) is 0 Å². The Hall–Kier alpha value is -3.75. The molecule has 2 rings (SSSR count). The highest BCUT2D eigenvalue weighted by atomic mass is 16.5. The molecular weight excluding hydrogens is 390 g/mol. The summed E-state index contributed by atoms with van der Waals surface area (Å²) < 4.78 is 15.3. The van der Waals surface area contributed by atoms with E-state index in [4.69, 9.17) is 14.2 Å². The van der Waals surface area contributed by atoms with E-state index >= 15 is 0 Å². The predicted octanol–water partition coefficient (Wildman–Crippen LogP) is 2.07. The zero-order chi connectivity index (χ0) is 21.9. The van der Waals surface area contributed by atoms with E-state index in [0.29, 0.717) is 17.2 Å². The Labute approximate surface area is 174 Å². The summed E-state index contributed by atoms with van der Waals surface area (Å²) >= 11 is 0. The molecule has 0 aromatic heterocycles. The average molecular weight is 415 g/mol. The Morgan fingerprint density at radius 3 is 2.33 bits per heavy atom. The topological polar surface area (TPSA) is 115 Å². The summed E-state index contributed by atoms with van der Waals surface area (Å²) in [7, 11) is 3.06. The number of para-hydroxylation sites is 1. The van der Waals surface area contributed by atoms with Gasteiger partial charge < -0.3 is 30.2 Å². The molecule has 2 aromatic rings. The van der Waals surface area contributed by atoms with E-state index in [-0.39, 0.29) is 6.54 Å². The van der Waals surface area contributed by atoms with E-state index in [2.05, 4.69) is 16.0 Å². The molecule has 0 aliphatic heterocycles. The fourth-order valence-corrected chi connectivity index (χ4v) is 2.45. The number of hydrogen-bond donors (Lipinski definition) is 3. The van der Waals surface area contributed by atoms with Crippen molar-refractivity contribution >= 4 is 23.6 Å².